The average Bonchev–Trinajstić information content (AvgIpc) is 3.24. The molecule has 2 N–H and O–H groups in total. The number of amides is 2. The van der Waals surface area contributed by atoms with Gasteiger partial charge in [0, 0.05) is 19.3 Å². The van der Waals surface area contributed by atoms with Crippen LogP contribution < -0.4 is 15.6 Å². The number of para-hydroxylation sites is 1. The highest BCUT2D eigenvalue weighted by Gasteiger charge is 2.09. The minimum absolute atomic E-state index is 0.190. The summed E-state index contributed by atoms with van der Waals surface area (Å²) in [5.41, 5.74) is 6.88. The summed E-state index contributed by atoms with van der Waals surface area (Å²) in [4.78, 5) is 23.7. The highest BCUT2D eigenvalue weighted by molar-refractivity contribution is 5.82. The Morgan fingerprint density at radius 3 is 2.39 bits per heavy atom. The van der Waals surface area contributed by atoms with Crippen LogP contribution in [0.25, 0.3) is 0 Å². The first-order valence-electron chi connectivity index (χ1n) is 9.05. The summed E-state index contributed by atoms with van der Waals surface area (Å²) in [7, 11) is 0. The lowest BCUT2D eigenvalue weighted by Crippen LogP contribution is -2.43. The van der Waals surface area contributed by atoms with Gasteiger partial charge in [-0.1, -0.05) is 48.5 Å². The monoisotopic (exact) mass is 378 g/mol. The summed E-state index contributed by atoms with van der Waals surface area (Å²) >= 11 is 0. The van der Waals surface area contributed by atoms with Gasteiger partial charge in [-0.2, -0.15) is 0 Å². The van der Waals surface area contributed by atoms with Crippen molar-refractivity contribution in [2.45, 2.75) is 19.3 Å². The van der Waals surface area contributed by atoms with Crippen LogP contribution in [0.2, 0.25) is 0 Å². The number of carbonyl (C=O) groups excluding carboxylic acids is 2. The van der Waals surface area contributed by atoms with Crippen molar-refractivity contribution in [3.8, 4) is 5.75 Å². The van der Waals surface area contributed by atoms with Crippen LogP contribution in [0.15, 0.2) is 77.4 Å². The lowest BCUT2D eigenvalue weighted by Gasteiger charge is -2.12. The molecule has 2 amide bonds. The number of hydrogen-bond donors (Lipinski definition) is 2. The van der Waals surface area contributed by atoms with Crippen LogP contribution in [0, 0.1) is 0 Å². The molecule has 0 bridgehead atoms. The van der Waals surface area contributed by atoms with Crippen LogP contribution in [-0.4, -0.2) is 18.4 Å². The minimum atomic E-state index is -0.430. The van der Waals surface area contributed by atoms with Crippen molar-refractivity contribution in [1.29, 1.82) is 0 Å². The molecule has 1 aromatic heterocycles. The lowest BCUT2D eigenvalue weighted by molar-refractivity contribution is -0.130. The van der Waals surface area contributed by atoms with Gasteiger partial charge in [0.25, 0.3) is 5.91 Å². The van der Waals surface area contributed by atoms with Crippen LogP contribution >= 0.6 is 0 Å². The predicted molar refractivity (Wildman–Crippen MR) is 104 cm³/mol. The SMILES string of the molecule is O=C(CCc1ccco1)NNC(=O)COc1ccccc1Cc1ccccc1. The highest BCUT2D eigenvalue weighted by Crippen LogP contribution is 2.21. The Balaban J connectivity index is 1.43. The smallest absolute Gasteiger partial charge is 0.276 e. The van der Waals surface area contributed by atoms with E-state index in [9.17, 15) is 9.59 Å². The predicted octanol–water partition coefficient (Wildman–Crippen LogP) is 3.03. The molecule has 3 rings (SSSR count). The first-order chi connectivity index (χ1) is 13.7. The summed E-state index contributed by atoms with van der Waals surface area (Å²) in [6.07, 6.45) is 2.96. The third-order valence-electron chi connectivity index (χ3n) is 4.09. The van der Waals surface area contributed by atoms with Crippen LogP contribution in [0.1, 0.15) is 23.3 Å². The van der Waals surface area contributed by atoms with Gasteiger partial charge in [-0.25, -0.2) is 0 Å². The van der Waals surface area contributed by atoms with Crippen LogP contribution in [0.3, 0.4) is 0 Å². The third kappa shape index (κ3) is 6.02. The zero-order valence-electron chi connectivity index (χ0n) is 15.4. The van der Waals surface area contributed by atoms with Gasteiger partial charge < -0.3 is 9.15 Å². The summed E-state index contributed by atoms with van der Waals surface area (Å²) in [6.45, 7) is -0.190. The quantitative estimate of drug-likeness (QED) is 0.591. The first kappa shape index (κ1) is 19.2. The third-order valence-corrected chi connectivity index (χ3v) is 4.09. The maximum absolute atomic E-state index is 12.0. The lowest BCUT2D eigenvalue weighted by atomic mass is 10.0. The van der Waals surface area contributed by atoms with E-state index in [0.29, 0.717) is 18.6 Å². The number of rotatable bonds is 8. The van der Waals surface area contributed by atoms with E-state index >= 15 is 0 Å². The standard InChI is InChI=1S/C22H22N2O4/c25-21(13-12-19-10-6-14-27-19)23-24-22(26)16-28-20-11-5-4-9-18(20)15-17-7-2-1-3-8-17/h1-11,14H,12-13,15-16H2,(H,23,25)(H,24,26). The van der Waals surface area contributed by atoms with E-state index in [4.69, 9.17) is 9.15 Å². The van der Waals surface area contributed by atoms with Crippen molar-refractivity contribution in [3.63, 3.8) is 0 Å². The molecule has 0 saturated carbocycles. The number of furan rings is 1. The minimum Gasteiger partial charge on any atom is -0.483 e. The van der Waals surface area contributed by atoms with Crippen molar-refractivity contribution in [2.24, 2.45) is 0 Å². The molecule has 28 heavy (non-hydrogen) atoms. The van der Waals surface area contributed by atoms with Crippen molar-refractivity contribution < 1.29 is 18.7 Å². The molecule has 0 fully saturated rings. The maximum Gasteiger partial charge on any atom is 0.276 e. The Labute approximate surface area is 163 Å². The molecule has 0 saturated heterocycles. The van der Waals surface area contributed by atoms with Gasteiger partial charge in [0.2, 0.25) is 5.91 Å². The van der Waals surface area contributed by atoms with Crippen molar-refractivity contribution in [2.75, 3.05) is 6.61 Å². The molecule has 0 radical (unpaired) electrons. The second-order valence-electron chi connectivity index (χ2n) is 6.23. The summed E-state index contributed by atoms with van der Waals surface area (Å²) in [5.74, 6) is 0.639. The number of ether oxygens (including phenoxy) is 1. The number of hydrazine groups is 1. The van der Waals surface area contributed by atoms with Gasteiger partial charge in [-0.15, -0.1) is 0 Å². The number of benzene rings is 2. The van der Waals surface area contributed by atoms with Gasteiger partial charge in [0.1, 0.15) is 11.5 Å². The van der Waals surface area contributed by atoms with E-state index in [0.717, 1.165) is 16.9 Å². The Kier molecular flexibility index (Phi) is 6.84. The molecule has 0 atom stereocenters. The van der Waals surface area contributed by atoms with E-state index in [2.05, 4.69) is 10.9 Å². The zero-order chi connectivity index (χ0) is 19.6. The van der Waals surface area contributed by atoms with Crippen LogP contribution in [0.4, 0.5) is 0 Å². The molecular formula is C22H22N2O4. The number of nitrogens with one attached hydrogen (secondary N) is 2. The van der Waals surface area contributed by atoms with E-state index in [1.54, 1.807) is 18.4 Å². The molecular weight excluding hydrogens is 356 g/mol. The van der Waals surface area contributed by atoms with Crippen molar-refractivity contribution in [1.82, 2.24) is 10.9 Å². The van der Waals surface area contributed by atoms with E-state index < -0.39 is 5.91 Å². The molecule has 1 heterocycles. The molecule has 144 valence electrons. The van der Waals surface area contributed by atoms with E-state index in [1.807, 2.05) is 54.6 Å². The van der Waals surface area contributed by atoms with E-state index in [-0.39, 0.29) is 18.9 Å². The molecule has 0 aliphatic heterocycles. The molecule has 6 nitrogen and oxygen atoms in total. The number of carbonyl (C=O) groups is 2. The summed E-state index contributed by atoms with van der Waals surface area (Å²) in [5, 5.41) is 0. The summed E-state index contributed by atoms with van der Waals surface area (Å²) in [6, 6.07) is 21.2. The van der Waals surface area contributed by atoms with Crippen LogP contribution in [-0.2, 0) is 22.4 Å². The number of hydrogen-bond acceptors (Lipinski definition) is 4. The largest absolute Gasteiger partial charge is 0.483 e. The van der Waals surface area contributed by atoms with Gasteiger partial charge in [0.15, 0.2) is 6.61 Å². The van der Waals surface area contributed by atoms with Gasteiger partial charge in [0.05, 0.1) is 6.26 Å². The normalized spacial score (nSPS) is 10.3. The van der Waals surface area contributed by atoms with Crippen LogP contribution in [0.5, 0.6) is 5.75 Å². The Morgan fingerprint density at radius 2 is 1.61 bits per heavy atom. The fourth-order valence-electron chi connectivity index (χ4n) is 2.68. The van der Waals surface area contributed by atoms with Gasteiger partial charge >= 0.3 is 0 Å². The Bertz CT molecular complexity index is 892. The fourth-order valence-corrected chi connectivity index (χ4v) is 2.68. The topological polar surface area (TPSA) is 80.6 Å². The second-order valence-corrected chi connectivity index (χ2v) is 6.23. The second kappa shape index (κ2) is 9.97. The zero-order valence-corrected chi connectivity index (χ0v) is 15.4. The Hall–Kier alpha value is -3.54. The molecule has 6 heteroatoms. The highest BCUT2D eigenvalue weighted by atomic mass is 16.5. The average molecular weight is 378 g/mol. The summed E-state index contributed by atoms with van der Waals surface area (Å²) < 4.78 is 10.8. The first-order valence-corrected chi connectivity index (χ1v) is 9.05. The molecule has 0 aliphatic rings. The van der Waals surface area contributed by atoms with Gasteiger partial charge in [-0.3, -0.25) is 20.4 Å². The van der Waals surface area contributed by atoms with Gasteiger partial charge in [-0.05, 0) is 29.3 Å². The molecule has 0 aliphatic carbocycles. The van der Waals surface area contributed by atoms with Crippen molar-refractivity contribution >= 4 is 11.8 Å². The molecule has 3 aromatic rings. The fraction of sp³-hybridized carbons (Fsp3) is 0.182. The maximum atomic E-state index is 12.0. The Morgan fingerprint density at radius 1 is 0.857 bits per heavy atom. The molecule has 0 spiro atoms. The van der Waals surface area contributed by atoms with Crippen molar-refractivity contribution in [3.05, 3.63) is 89.9 Å². The molecule has 0 unspecified atom stereocenters. The van der Waals surface area contributed by atoms with E-state index in [1.165, 1.54) is 0 Å². The number of aryl methyl sites for hydroxylation is 1. The molecule has 2 aromatic carbocycles.